The van der Waals surface area contributed by atoms with Crippen molar-refractivity contribution in [3.8, 4) is 6.07 Å². The van der Waals surface area contributed by atoms with E-state index in [0.717, 1.165) is 5.56 Å². The van der Waals surface area contributed by atoms with Crippen LogP contribution in [0.2, 0.25) is 0 Å². The molecule has 0 aliphatic heterocycles. The van der Waals surface area contributed by atoms with Crippen LogP contribution in [0, 0.1) is 11.3 Å². The molecule has 0 spiro atoms. The summed E-state index contributed by atoms with van der Waals surface area (Å²) in [5, 5.41) is 9.29. The first-order valence-corrected chi connectivity index (χ1v) is 5.81. The number of nitrogens with one attached hydrogen (secondary N) is 1. The van der Waals surface area contributed by atoms with E-state index in [1.807, 2.05) is 30.3 Å². The summed E-state index contributed by atoms with van der Waals surface area (Å²) in [4.78, 5) is 18.3. The lowest BCUT2D eigenvalue weighted by atomic mass is 9.96. The minimum atomic E-state index is -0.537. The Labute approximate surface area is 110 Å². The van der Waals surface area contributed by atoms with Crippen molar-refractivity contribution < 1.29 is 9.53 Å². The molecule has 1 aromatic carbocycles. The van der Waals surface area contributed by atoms with Crippen LogP contribution in [0.25, 0.3) is 0 Å². The Kier molecular flexibility index (Phi) is 3.94. The molecule has 0 saturated carbocycles. The quantitative estimate of drug-likeness (QED) is 0.848. The number of hydrogen-bond acceptors (Lipinski definition) is 4. The highest BCUT2D eigenvalue weighted by Gasteiger charge is 2.22. The fourth-order valence-electron chi connectivity index (χ4n) is 1.89. The fourth-order valence-corrected chi connectivity index (χ4v) is 1.89. The fraction of sp³-hybridized carbons (Fsp3) is 0.214. The molecule has 1 N–H and O–H groups in total. The molecule has 1 heterocycles. The second-order valence-corrected chi connectivity index (χ2v) is 4.03. The zero-order valence-electron chi connectivity index (χ0n) is 10.5. The van der Waals surface area contributed by atoms with Crippen LogP contribution in [0.4, 0.5) is 0 Å². The van der Waals surface area contributed by atoms with Crippen molar-refractivity contribution in [2.75, 3.05) is 7.11 Å². The molecule has 5 heteroatoms. The standard InChI is InChI=1S/C14H13N3O2/c1-19-14(18)13-12(16-9-17-13)11(8-15)7-10-5-3-2-4-6-10/h2-6,9,11H,7H2,1H3,(H,16,17). The number of nitrogens with zero attached hydrogens (tertiary/aromatic N) is 2. The van der Waals surface area contributed by atoms with Gasteiger partial charge in [0.2, 0.25) is 0 Å². The van der Waals surface area contributed by atoms with Gasteiger partial charge in [0.1, 0.15) is 0 Å². The summed E-state index contributed by atoms with van der Waals surface area (Å²) in [6.07, 6.45) is 1.92. The number of ether oxygens (including phenoxy) is 1. The molecule has 2 aromatic rings. The van der Waals surface area contributed by atoms with E-state index in [2.05, 4.69) is 20.8 Å². The van der Waals surface area contributed by atoms with Gasteiger partial charge in [-0.05, 0) is 12.0 Å². The van der Waals surface area contributed by atoms with Gasteiger partial charge in [0.05, 0.1) is 31.1 Å². The molecule has 0 amide bonds. The van der Waals surface area contributed by atoms with Gasteiger partial charge >= 0.3 is 5.97 Å². The number of carbonyl (C=O) groups is 1. The molecule has 96 valence electrons. The zero-order chi connectivity index (χ0) is 13.7. The van der Waals surface area contributed by atoms with Gasteiger partial charge in [-0.2, -0.15) is 5.26 Å². The largest absolute Gasteiger partial charge is 0.464 e. The molecular formula is C14H13N3O2. The number of aromatic amines is 1. The molecular weight excluding hydrogens is 242 g/mol. The van der Waals surface area contributed by atoms with Crippen molar-refractivity contribution in [1.82, 2.24) is 9.97 Å². The lowest BCUT2D eigenvalue weighted by Crippen LogP contribution is -2.10. The Hall–Kier alpha value is -2.61. The van der Waals surface area contributed by atoms with Gasteiger partial charge < -0.3 is 9.72 Å². The van der Waals surface area contributed by atoms with E-state index < -0.39 is 11.9 Å². The smallest absolute Gasteiger partial charge is 0.358 e. The number of hydrogen-bond donors (Lipinski definition) is 1. The molecule has 1 aromatic heterocycles. The Bertz CT molecular complexity index is 599. The first-order valence-electron chi connectivity index (χ1n) is 5.81. The minimum Gasteiger partial charge on any atom is -0.464 e. The topological polar surface area (TPSA) is 78.8 Å². The second-order valence-electron chi connectivity index (χ2n) is 4.03. The van der Waals surface area contributed by atoms with E-state index in [0.29, 0.717) is 12.1 Å². The van der Waals surface area contributed by atoms with Crippen molar-refractivity contribution in [3.63, 3.8) is 0 Å². The van der Waals surface area contributed by atoms with Gasteiger partial charge in [-0.3, -0.25) is 0 Å². The molecule has 5 nitrogen and oxygen atoms in total. The summed E-state index contributed by atoms with van der Waals surface area (Å²) in [7, 11) is 1.29. The van der Waals surface area contributed by atoms with Crippen LogP contribution >= 0.6 is 0 Å². The minimum absolute atomic E-state index is 0.171. The van der Waals surface area contributed by atoms with Gasteiger partial charge in [0.15, 0.2) is 5.69 Å². The number of rotatable bonds is 4. The lowest BCUT2D eigenvalue weighted by Gasteiger charge is -2.08. The number of methoxy groups -OCH3 is 1. The summed E-state index contributed by atoms with van der Waals surface area (Å²) < 4.78 is 4.65. The SMILES string of the molecule is COC(=O)c1nc[nH]c1C(C#N)Cc1ccccc1. The van der Waals surface area contributed by atoms with E-state index in [1.54, 1.807) is 0 Å². The van der Waals surface area contributed by atoms with E-state index in [4.69, 9.17) is 0 Å². The van der Waals surface area contributed by atoms with Crippen LogP contribution in [0.3, 0.4) is 0 Å². The predicted octanol–water partition coefficient (Wildman–Crippen LogP) is 2.05. The van der Waals surface area contributed by atoms with Crippen molar-refractivity contribution in [3.05, 3.63) is 53.6 Å². The maximum Gasteiger partial charge on any atom is 0.358 e. The molecule has 0 saturated heterocycles. The average Bonchev–Trinajstić information content (AvgIpc) is 2.94. The van der Waals surface area contributed by atoms with Crippen LogP contribution in [0.15, 0.2) is 36.7 Å². The normalized spacial score (nSPS) is 11.6. The van der Waals surface area contributed by atoms with E-state index in [9.17, 15) is 10.1 Å². The van der Waals surface area contributed by atoms with Crippen LogP contribution in [-0.2, 0) is 11.2 Å². The van der Waals surface area contributed by atoms with E-state index in [1.165, 1.54) is 13.4 Å². The molecule has 2 rings (SSSR count). The first-order chi connectivity index (χ1) is 9.26. The van der Waals surface area contributed by atoms with Crippen LogP contribution in [0.1, 0.15) is 27.7 Å². The van der Waals surface area contributed by atoms with Gasteiger partial charge in [-0.25, -0.2) is 9.78 Å². The van der Waals surface area contributed by atoms with Crippen molar-refractivity contribution in [2.24, 2.45) is 0 Å². The average molecular weight is 255 g/mol. The third-order valence-corrected chi connectivity index (χ3v) is 2.83. The van der Waals surface area contributed by atoms with Gasteiger partial charge in [-0.15, -0.1) is 0 Å². The molecule has 0 aliphatic carbocycles. The van der Waals surface area contributed by atoms with Crippen LogP contribution < -0.4 is 0 Å². The lowest BCUT2D eigenvalue weighted by molar-refractivity contribution is 0.0593. The zero-order valence-corrected chi connectivity index (χ0v) is 10.5. The third-order valence-electron chi connectivity index (χ3n) is 2.83. The summed E-state index contributed by atoms with van der Waals surface area (Å²) >= 11 is 0. The molecule has 0 aliphatic rings. The number of imidazole rings is 1. The number of carbonyl (C=O) groups excluding carboxylic acids is 1. The number of benzene rings is 1. The second kappa shape index (κ2) is 5.83. The number of nitriles is 1. The first kappa shape index (κ1) is 12.8. The Balaban J connectivity index is 2.26. The Morgan fingerprint density at radius 2 is 2.21 bits per heavy atom. The Morgan fingerprint density at radius 1 is 1.47 bits per heavy atom. The van der Waals surface area contributed by atoms with Crippen molar-refractivity contribution in [1.29, 1.82) is 5.26 Å². The highest BCUT2D eigenvalue weighted by Crippen LogP contribution is 2.21. The van der Waals surface area contributed by atoms with Gasteiger partial charge in [0.25, 0.3) is 0 Å². The molecule has 0 bridgehead atoms. The van der Waals surface area contributed by atoms with Crippen molar-refractivity contribution >= 4 is 5.97 Å². The van der Waals surface area contributed by atoms with Gasteiger partial charge in [-0.1, -0.05) is 30.3 Å². The molecule has 1 atom stereocenters. The summed E-state index contributed by atoms with van der Waals surface area (Å²) in [5.41, 5.74) is 1.70. The maximum absolute atomic E-state index is 11.6. The maximum atomic E-state index is 11.6. The summed E-state index contributed by atoms with van der Waals surface area (Å²) in [6, 6.07) is 11.8. The number of H-pyrrole nitrogens is 1. The summed E-state index contributed by atoms with van der Waals surface area (Å²) in [6.45, 7) is 0. The third kappa shape index (κ3) is 2.80. The molecule has 19 heavy (non-hydrogen) atoms. The monoisotopic (exact) mass is 255 g/mol. The molecule has 0 radical (unpaired) electrons. The van der Waals surface area contributed by atoms with Gasteiger partial charge in [0, 0.05) is 0 Å². The van der Waals surface area contributed by atoms with Crippen molar-refractivity contribution in [2.45, 2.75) is 12.3 Å². The predicted molar refractivity (Wildman–Crippen MR) is 68.4 cm³/mol. The van der Waals surface area contributed by atoms with E-state index in [-0.39, 0.29) is 5.69 Å². The number of aromatic nitrogens is 2. The van der Waals surface area contributed by atoms with E-state index >= 15 is 0 Å². The van der Waals surface area contributed by atoms with Crippen LogP contribution in [0.5, 0.6) is 0 Å². The highest BCUT2D eigenvalue weighted by atomic mass is 16.5. The summed E-state index contributed by atoms with van der Waals surface area (Å²) in [5.74, 6) is -0.997. The molecule has 1 unspecified atom stereocenters. The highest BCUT2D eigenvalue weighted by molar-refractivity contribution is 5.88. The Morgan fingerprint density at radius 3 is 2.84 bits per heavy atom. The number of esters is 1. The van der Waals surface area contributed by atoms with Crippen LogP contribution in [-0.4, -0.2) is 23.0 Å². The molecule has 0 fully saturated rings.